The van der Waals surface area contributed by atoms with E-state index in [2.05, 4.69) is 5.32 Å². The van der Waals surface area contributed by atoms with Crippen LogP contribution in [-0.4, -0.2) is 44.4 Å². The second-order valence-electron chi connectivity index (χ2n) is 3.46. The minimum atomic E-state index is -2.95. The quantitative estimate of drug-likeness (QED) is 0.542. The van der Waals surface area contributed by atoms with Gasteiger partial charge in [0, 0.05) is 5.70 Å². The summed E-state index contributed by atoms with van der Waals surface area (Å²) in [5.41, 5.74) is 0.594. The van der Waals surface area contributed by atoms with Gasteiger partial charge >= 0.3 is 0 Å². The SMILES string of the molecule is O=S1(=O)CC=C(NC(=S)OCC2CO2)C1. The van der Waals surface area contributed by atoms with Crippen LogP contribution in [-0.2, 0) is 19.3 Å². The highest BCUT2D eigenvalue weighted by Crippen LogP contribution is 2.10. The Balaban J connectivity index is 1.74. The minimum absolute atomic E-state index is 0.0103. The monoisotopic (exact) mass is 249 g/mol. The molecule has 2 rings (SSSR count). The van der Waals surface area contributed by atoms with Gasteiger partial charge in [-0.25, -0.2) is 8.42 Å². The Bertz CT molecular complexity index is 397. The Morgan fingerprint density at radius 3 is 3.00 bits per heavy atom. The summed E-state index contributed by atoms with van der Waals surface area (Å²) >= 11 is 4.89. The molecule has 0 aliphatic carbocycles. The van der Waals surface area contributed by atoms with E-state index in [1.165, 1.54) is 0 Å². The maximum atomic E-state index is 11.1. The fraction of sp³-hybridized carbons (Fsp3) is 0.625. The molecule has 84 valence electrons. The molecule has 2 aliphatic rings. The summed E-state index contributed by atoms with van der Waals surface area (Å²) in [4.78, 5) is 0. The van der Waals surface area contributed by atoms with E-state index in [0.717, 1.165) is 0 Å². The van der Waals surface area contributed by atoms with Gasteiger partial charge in [0.2, 0.25) is 0 Å². The molecule has 2 heterocycles. The summed E-state index contributed by atoms with van der Waals surface area (Å²) in [6, 6.07) is 0. The van der Waals surface area contributed by atoms with Crippen LogP contribution in [0.4, 0.5) is 0 Å². The maximum absolute atomic E-state index is 11.1. The van der Waals surface area contributed by atoms with Crippen molar-refractivity contribution in [3.8, 4) is 0 Å². The summed E-state index contributed by atoms with van der Waals surface area (Å²) in [5.74, 6) is 0.0834. The summed E-state index contributed by atoms with van der Waals surface area (Å²) in [6.45, 7) is 1.13. The topological polar surface area (TPSA) is 67.9 Å². The van der Waals surface area contributed by atoms with Crippen molar-refractivity contribution in [2.45, 2.75) is 6.10 Å². The van der Waals surface area contributed by atoms with Gasteiger partial charge in [0.05, 0.1) is 18.1 Å². The summed E-state index contributed by atoms with van der Waals surface area (Å²) < 4.78 is 32.3. The second kappa shape index (κ2) is 4.07. The molecule has 1 unspecified atom stereocenters. The number of epoxide rings is 1. The molecule has 5 nitrogen and oxygen atoms in total. The molecule has 1 fully saturated rings. The van der Waals surface area contributed by atoms with Gasteiger partial charge in [-0.15, -0.1) is 0 Å². The van der Waals surface area contributed by atoms with Crippen molar-refractivity contribution < 1.29 is 17.9 Å². The zero-order valence-corrected chi connectivity index (χ0v) is 9.57. The average molecular weight is 249 g/mol. The maximum Gasteiger partial charge on any atom is 0.261 e. The molecule has 0 aromatic carbocycles. The number of thiocarbonyl (C=S) groups is 1. The van der Waals surface area contributed by atoms with Crippen molar-refractivity contribution in [3.63, 3.8) is 0 Å². The molecule has 15 heavy (non-hydrogen) atoms. The van der Waals surface area contributed by atoms with Gasteiger partial charge in [-0.3, -0.25) is 0 Å². The smallest absolute Gasteiger partial charge is 0.261 e. The first-order valence-electron chi connectivity index (χ1n) is 4.50. The molecule has 0 saturated carbocycles. The molecule has 0 radical (unpaired) electrons. The molecule has 1 atom stereocenters. The predicted octanol–water partition coefficient (Wildman–Crippen LogP) is -0.411. The van der Waals surface area contributed by atoms with Crippen LogP contribution in [0.15, 0.2) is 11.8 Å². The number of hydrogen-bond donors (Lipinski definition) is 1. The predicted molar refractivity (Wildman–Crippen MR) is 58.2 cm³/mol. The number of sulfone groups is 1. The van der Waals surface area contributed by atoms with Crippen LogP contribution >= 0.6 is 12.2 Å². The molecule has 1 saturated heterocycles. The third-order valence-corrected chi connectivity index (χ3v) is 3.67. The molecule has 0 aromatic heterocycles. The third-order valence-electron chi connectivity index (χ3n) is 2.02. The molecule has 0 amide bonds. The van der Waals surface area contributed by atoms with Crippen LogP contribution in [0.3, 0.4) is 0 Å². The van der Waals surface area contributed by atoms with Crippen LogP contribution in [0.1, 0.15) is 0 Å². The van der Waals surface area contributed by atoms with E-state index in [1.807, 2.05) is 0 Å². The fourth-order valence-corrected chi connectivity index (χ4v) is 2.61. The highest BCUT2D eigenvalue weighted by atomic mass is 32.2. The van der Waals surface area contributed by atoms with E-state index in [-0.39, 0.29) is 22.8 Å². The molecular formula is C8H11NO4S2. The number of nitrogens with one attached hydrogen (secondary N) is 1. The lowest BCUT2D eigenvalue weighted by molar-refractivity contribution is 0.251. The summed E-state index contributed by atoms with van der Waals surface area (Å²) in [7, 11) is -2.95. The van der Waals surface area contributed by atoms with Crippen molar-refractivity contribution in [2.24, 2.45) is 0 Å². The Kier molecular flexibility index (Phi) is 2.94. The first-order valence-corrected chi connectivity index (χ1v) is 6.73. The van der Waals surface area contributed by atoms with Crippen molar-refractivity contribution in [3.05, 3.63) is 11.8 Å². The zero-order valence-electron chi connectivity index (χ0n) is 7.93. The van der Waals surface area contributed by atoms with Gasteiger partial charge < -0.3 is 14.8 Å². The molecule has 0 aromatic rings. The van der Waals surface area contributed by atoms with E-state index in [0.29, 0.717) is 18.9 Å². The van der Waals surface area contributed by atoms with E-state index >= 15 is 0 Å². The van der Waals surface area contributed by atoms with E-state index < -0.39 is 9.84 Å². The number of rotatable bonds is 3. The third kappa shape index (κ3) is 3.44. The Hall–Kier alpha value is -0.660. The van der Waals surface area contributed by atoms with Gasteiger partial charge in [0.15, 0.2) is 9.84 Å². The molecule has 1 N–H and O–H groups in total. The van der Waals surface area contributed by atoms with Crippen LogP contribution < -0.4 is 5.32 Å². The Labute approximate surface area is 93.4 Å². The van der Waals surface area contributed by atoms with Crippen LogP contribution in [0, 0.1) is 0 Å². The summed E-state index contributed by atoms with van der Waals surface area (Å²) in [6.07, 6.45) is 1.75. The van der Waals surface area contributed by atoms with Crippen molar-refractivity contribution in [1.29, 1.82) is 0 Å². The van der Waals surface area contributed by atoms with Crippen molar-refractivity contribution in [1.82, 2.24) is 5.32 Å². The van der Waals surface area contributed by atoms with Gasteiger partial charge in [-0.2, -0.15) is 0 Å². The normalized spacial score (nSPS) is 26.9. The number of ether oxygens (including phenoxy) is 2. The zero-order chi connectivity index (χ0) is 10.9. The largest absolute Gasteiger partial charge is 0.468 e. The van der Waals surface area contributed by atoms with E-state index in [1.54, 1.807) is 6.08 Å². The lowest BCUT2D eigenvalue weighted by Gasteiger charge is -2.08. The first kappa shape index (κ1) is 10.8. The molecule has 2 aliphatic heterocycles. The minimum Gasteiger partial charge on any atom is -0.468 e. The van der Waals surface area contributed by atoms with Gasteiger partial charge in [0.25, 0.3) is 5.17 Å². The lowest BCUT2D eigenvalue weighted by Crippen LogP contribution is -2.26. The van der Waals surface area contributed by atoms with Crippen LogP contribution in [0.5, 0.6) is 0 Å². The lowest BCUT2D eigenvalue weighted by atomic mass is 10.5. The van der Waals surface area contributed by atoms with Gasteiger partial charge in [0.1, 0.15) is 12.7 Å². The first-order chi connectivity index (χ1) is 7.05. The Morgan fingerprint density at radius 1 is 1.73 bits per heavy atom. The second-order valence-corrected chi connectivity index (χ2v) is 5.94. The van der Waals surface area contributed by atoms with Crippen molar-refractivity contribution in [2.75, 3.05) is 24.7 Å². The van der Waals surface area contributed by atoms with Gasteiger partial charge in [-0.05, 0) is 18.3 Å². The molecular weight excluding hydrogens is 238 g/mol. The average Bonchev–Trinajstić information content (AvgIpc) is 2.89. The highest BCUT2D eigenvalue weighted by Gasteiger charge is 2.24. The van der Waals surface area contributed by atoms with Crippen LogP contribution in [0.25, 0.3) is 0 Å². The van der Waals surface area contributed by atoms with Crippen LogP contribution in [0.2, 0.25) is 0 Å². The van der Waals surface area contributed by atoms with Gasteiger partial charge in [-0.1, -0.05) is 0 Å². The fourth-order valence-electron chi connectivity index (χ4n) is 1.17. The molecule has 7 heteroatoms. The standard InChI is InChI=1S/C8H11NO4S2/c10-15(11)2-1-6(5-15)9-8(14)13-4-7-3-12-7/h1,7H,2-5H2,(H,9,14). The highest BCUT2D eigenvalue weighted by molar-refractivity contribution is 7.92. The summed E-state index contributed by atoms with van der Waals surface area (Å²) in [5, 5.41) is 2.96. The molecule has 0 spiro atoms. The van der Waals surface area contributed by atoms with E-state index in [4.69, 9.17) is 21.7 Å². The molecule has 0 bridgehead atoms. The van der Waals surface area contributed by atoms with E-state index in [9.17, 15) is 8.42 Å². The Morgan fingerprint density at radius 2 is 2.47 bits per heavy atom. The van der Waals surface area contributed by atoms with Crippen molar-refractivity contribution >= 4 is 27.2 Å². The number of hydrogen-bond acceptors (Lipinski definition) is 5.